The summed E-state index contributed by atoms with van der Waals surface area (Å²) in [6, 6.07) is 4.79. The summed E-state index contributed by atoms with van der Waals surface area (Å²) in [7, 11) is 2.86. The fourth-order valence-corrected chi connectivity index (χ4v) is 19.5. The summed E-state index contributed by atoms with van der Waals surface area (Å²) in [5.74, 6) is -5.17. The topological polar surface area (TPSA) is 501 Å². The third-order valence-corrected chi connectivity index (χ3v) is 25.4. The summed E-state index contributed by atoms with van der Waals surface area (Å²) < 4.78 is 84.5. The lowest BCUT2D eigenvalue weighted by Crippen LogP contribution is -2.71. The fraction of sp³-hybridized carbons (Fsp3) is 0.806. The van der Waals surface area contributed by atoms with E-state index in [0.29, 0.717) is 36.3 Å². The molecular formula is C72H106O33. The standard InChI is InChI=1S/C72H106O33/c1-30-55(101-60-51(85)45(79)37(77)27-95-60)50(84)54(88)61(96-30)103-58-57(102-62-52(86)49(83)47(81)41(99-62)28-94-32(3)75)56(100-44(78)16-12-33-11-14-38(92-9)39(23-33)93-10)31(2)97-64(58)105-66(91)71-20-19-67(4,5)24-35(71)34-13-15-42-68(6)25-36(76)59(104-63-53(87)48(82)46(80)40(26-73)98-63)70(8,65(89)90)43(68)17-18-69(42,7)72(34,29-74)22-21-71/h11-14,16,23,30-31,35-37,40-43,45-64,73-74,76-77,79-88H,15,17-22,24-29H2,1-10H3,(H,89,90)/b16-12+/t30-,31+,35-,36-,37+,40+,41+,42+,43+,45-,46+,47+,48-,49-,50-,51+,52+,53+,54+,55-,56-,57-,58+,59-,60-,61-,62-,63-,64-,68+,69+,70-,71-,72-/m0/s1. The van der Waals surface area contributed by atoms with E-state index in [1.165, 1.54) is 41.1 Å². The maximum Gasteiger partial charge on any atom is 0.331 e. The number of rotatable bonds is 20. The average molecular weight is 1500 g/mol. The molecule has 0 amide bonds. The maximum atomic E-state index is 16.4. The Morgan fingerprint density at radius 3 is 1.83 bits per heavy atom. The van der Waals surface area contributed by atoms with Crippen LogP contribution < -0.4 is 9.47 Å². The maximum absolute atomic E-state index is 16.4. The molecule has 0 aromatic heterocycles. The molecule has 33 heteroatoms. The van der Waals surface area contributed by atoms with Gasteiger partial charge in [-0.15, -0.1) is 0 Å². The molecule has 5 heterocycles. The predicted molar refractivity (Wildman–Crippen MR) is 353 cm³/mol. The number of methoxy groups -OCH3 is 2. The first-order valence-electron chi connectivity index (χ1n) is 36.0. The molecule has 10 aliphatic rings. The Morgan fingerprint density at radius 1 is 0.590 bits per heavy atom. The van der Waals surface area contributed by atoms with Gasteiger partial charge in [-0.25, -0.2) is 4.79 Å². The van der Waals surface area contributed by atoms with Crippen LogP contribution in [0, 0.1) is 50.2 Å². The third-order valence-electron chi connectivity index (χ3n) is 25.4. The van der Waals surface area contributed by atoms with Gasteiger partial charge in [-0.1, -0.05) is 45.4 Å². The first-order chi connectivity index (χ1) is 49.4. The molecule has 1 aromatic carbocycles. The van der Waals surface area contributed by atoms with Crippen molar-refractivity contribution in [2.45, 2.75) is 273 Å². The molecule has 11 rings (SSSR count). The molecule has 5 aliphatic heterocycles. The van der Waals surface area contributed by atoms with E-state index >= 15 is 4.79 Å². The highest BCUT2D eigenvalue weighted by molar-refractivity contribution is 5.87. The number of hydrogen-bond donors (Lipinski definition) is 15. The summed E-state index contributed by atoms with van der Waals surface area (Å²) in [5, 5.41) is 168. The van der Waals surface area contributed by atoms with Crippen LogP contribution in [-0.2, 0) is 76.0 Å². The number of carboxylic acid groups (broad SMARTS) is 1. The van der Waals surface area contributed by atoms with Crippen molar-refractivity contribution in [1.29, 1.82) is 0 Å². The van der Waals surface area contributed by atoms with Crippen molar-refractivity contribution < 1.29 is 162 Å². The minimum Gasteiger partial charge on any atom is -0.493 e. The molecule has 592 valence electrons. The molecule has 0 unspecified atom stereocenters. The highest BCUT2D eigenvalue weighted by Crippen LogP contribution is 2.76. The van der Waals surface area contributed by atoms with Crippen LogP contribution in [0.1, 0.15) is 119 Å². The summed E-state index contributed by atoms with van der Waals surface area (Å²) in [6.07, 6.45) is -39.8. The first-order valence-corrected chi connectivity index (χ1v) is 36.0. The normalized spacial score (nSPS) is 47.5. The molecule has 0 radical (unpaired) electrons. The smallest absolute Gasteiger partial charge is 0.331 e. The van der Waals surface area contributed by atoms with Gasteiger partial charge in [0.25, 0.3) is 0 Å². The van der Waals surface area contributed by atoms with Crippen LogP contribution in [0.25, 0.3) is 6.08 Å². The molecule has 33 nitrogen and oxygen atoms in total. The van der Waals surface area contributed by atoms with E-state index < -0.39 is 260 Å². The second-order valence-electron chi connectivity index (χ2n) is 31.9. The molecule has 4 saturated carbocycles. The molecule has 5 saturated heterocycles. The highest BCUT2D eigenvalue weighted by Gasteiger charge is 2.74. The van der Waals surface area contributed by atoms with Crippen LogP contribution in [-0.4, -0.2) is 301 Å². The monoisotopic (exact) mass is 1500 g/mol. The molecule has 15 N–H and O–H groups in total. The number of aliphatic hydroxyl groups excluding tert-OH is 14. The minimum absolute atomic E-state index is 0.0289. The average Bonchev–Trinajstić information content (AvgIpc) is 0.668. The van der Waals surface area contributed by atoms with Crippen LogP contribution in [0.2, 0.25) is 0 Å². The van der Waals surface area contributed by atoms with E-state index in [0.717, 1.165) is 18.6 Å². The van der Waals surface area contributed by atoms with E-state index in [-0.39, 0.29) is 38.5 Å². The second-order valence-corrected chi connectivity index (χ2v) is 31.9. The van der Waals surface area contributed by atoms with Crippen LogP contribution in [0.4, 0.5) is 0 Å². The number of aliphatic hydroxyl groups is 14. The van der Waals surface area contributed by atoms with Crippen molar-refractivity contribution in [3.8, 4) is 11.5 Å². The van der Waals surface area contributed by atoms with Crippen LogP contribution >= 0.6 is 0 Å². The van der Waals surface area contributed by atoms with Crippen LogP contribution in [0.3, 0.4) is 0 Å². The predicted octanol–water partition coefficient (Wildman–Crippen LogP) is -1.66. The van der Waals surface area contributed by atoms with Crippen molar-refractivity contribution in [2.75, 3.05) is 40.6 Å². The van der Waals surface area contributed by atoms with Crippen molar-refractivity contribution in [1.82, 2.24) is 0 Å². The summed E-state index contributed by atoms with van der Waals surface area (Å²) >= 11 is 0. The van der Waals surface area contributed by atoms with E-state index in [2.05, 4.69) is 20.8 Å². The van der Waals surface area contributed by atoms with Crippen molar-refractivity contribution in [3.63, 3.8) is 0 Å². The number of carbonyl (C=O) groups is 4. The van der Waals surface area contributed by atoms with Crippen molar-refractivity contribution in [2.24, 2.45) is 50.2 Å². The highest BCUT2D eigenvalue weighted by atomic mass is 16.8. The van der Waals surface area contributed by atoms with E-state index in [1.807, 2.05) is 13.0 Å². The quantitative estimate of drug-likeness (QED) is 0.0228. The molecule has 5 aliphatic carbocycles. The molecule has 0 spiro atoms. The number of carboxylic acids is 1. The lowest BCUT2D eigenvalue weighted by Gasteiger charge is -2.71. The minimum atomic E-state index is -2.15. The van der Waals surface area contributed by atoms with Gasteiger partial charge in [-0.2, -0.15) is 0 Å². The van der Waals surface area contributed by atoms with Gasteiger partial charge in [0, 0.05) is 18.4 Å². The van der Waals surface area contributed by atoms with Gasteiger partial charge in [0.05, 0.1) is 63.2 Å². The number of aliphatic carboxylic acids is 1. The number of allylic oxidation sites excluding steroid dienone is 1. The summed E-state index contributed by atoms with van der Waals surface area (Å²) in [6.45, 7) is 11.1. The van der Waals surface area contributed by atoms with Gasteiger partial charge >= 0.3 is 23.9 Å². The Balaban J connectivity index is 0.954. The molecule has 1 aromatic rings. The SMILES string of the molecule is COc1ccc(/C=C/C(=O)O[C@@H]2[C@H](O[C@@H]3O[C@H](COC(C)=O)[C@@H](O)[C@H](O)[C@H]3O)[C@@H](O[C@@H]3O[C@@H](C)[C@H](O[C@@H]4OC[C@@H](O)[C@H](O)[C@H]4O)[C@@H](O)[C@H]3O)[C@H](OC(=O)[C@]34CCC(C)(C)C[C@H]3C3=CC[C@@H]5[C@@]6(C)C[C@H](O)[C@H](O[C@@H]7O[C@H](CO)[C@@H](O)[C@H](O)[C@H]7O)[C@@](C)(C(=O)O)[C@@H]6CC[C@@]5(C)[C@]3(CO)CC4)O[C@@H]2C)cc1OC. The lowest BCUT2D eigenvalue weighted by molar-refractivity contribution is -0.391. The second kappa shape index (κ2) is 31.2. The van der Waals surface area contributed by atoms with Gasteiger partial charge in [0.2, 0.25) is 6.29 Å². The molecule has 9 fully saturated rings. The van der Waals surface area contributed by atoms with Crippen LogP contribution in [0.5, 0.6) is 11.5 Å². The van der Waals surface area contributed by atoms with E-state index in [4.69, 9.17) is 66.3 Å². The number of hydrogen-bond acceptors (Lipinski definition) is 32. The van der Waals surface area contributed by atoms with Gasteiger partial charge in [0.15, 0.2) is 48.9 Å². The molecular weight excluding hydrogens is 1390 g/mol. The van der Waals surface area contributed by atoms with Gasteiger partial charge in [0.1, 0.15) is 104 Å². The third kappa shape index (κ3) is 14.5. The summed E-state index contributed by atoms with van der Waals surface area (Å²) in [5.41, 5.74) is -5.53. The van der Waals surface area contributed by atoms with Gasteiger partial charge in [-0.3, -0.25) is 14.4 Å². The van der Waals surface area contributed by atoms with Crippen LogP contribution in [0.15, 0.2) is 35.9 Å². The Hall–Kier alpha value is -4.74. The Morgan fingerprint density at radius 2 is 1.18 bits per heavy atom. The van der Waals surface area contributed by atoms with E-state index in [1.54, 1.807) is 18.2 Å². The van der Waals surface area contributed by atoms with Crippen molar-refractivity contribution in [3.05, 3.63) is 41.5 Å². The number of benzene rings is 1. The van der Waals surface area contributed by atoms with Crippen molar-refractivity contribution >= 4 is 30.0 Å². The number of ether oxygens (including phenoxy) is 14. The lowest BCUT2D eigenvalue weighted by atomic mass is 9.33. The number of esters is 3. The molecule has 105 heavy (non-hydrogen) atoms. The Bertz CT molecular complexity index is 3320. The van der Waals surface area contributed by atoms with E-state index in [9.17, 15) is 91.0 Å². The molecule has 34 atom stereocenters. The Labute approximate surface area is 606 Å². The van der Waals surface area contributed by atoms with Gasteiger partial charge in [-0.05, 0) is 136 Å². The zero-order valence-electron chi connectivity index (χ0n) is 60.5. The first kappa shape index (κ1) is 81.3. The van der Waals surface area contributed by atoms with Gasteiger partial charge < -0.3 is 143 Å². The fourth-order valence-electron chi connectivity index (χ4n) is 19.5. The zero-order chi connectivity index (χ0) is 76.7. The number of fused-ring (bicyclic) bond motifs is 7. The summed E-state index contributed by atoms with van der Waals surface area (Å²) in [4.78, 5) is 56.9. The number of carbonyl (C=O) groups excluding carboxylic acids is 3. The Kier molecular flexibility index (Phi) is 24.1. The molecule has 0 bridgehead atoms. The zero-order valence-corrected chi connectivity index (χ0v) is 60.5. The largest absolute Gasteiger partial charge is 0.493 e.